The zero-order valence-corrected chi connectivity index (χ0v) is 28.1. The van der Waals surface area contributed by atoms with Crippen LogP contribution in [0.4, 0.5) is 0 Å². The second kappa shape index (κ2) is 15.3. The van der Waals surface area contributed by atoms with Gasteiger partial charge in [-0.3, -0.25) is 9.59 Å². The zero-order chi connectivity index (χ0) is 32.7. The molecule has 0 bridgehead atoms. The lowest BCUT2D eigenvalue weighted by molar-refractivity contribution is -0.188. The van der Waals surface area contributed by atoms with Crippen molar-refractivity contribution < 1.29 is 33.3 Å². The van der Waals surface area contributed by atoms with Crippen LogP contribution < -0.4 is 9.47 Å². The van der Waals surface area contributed by atoms with E-state index in [9.17, 15) is 9.59 Å². The van der Waals surface area contributed by atoms with Gasteiger partial charge in [-0.2, -0.15) is 0 Å². The van der Waals surface area contributed by atoms with Crippen LogP contribution in [-0.4, -0.2) is 55.3 Å². The molecular weight excluding hydrogens is 617 g/mol. The molecule has 10 heteroatoms. The Hall–Kier alpha value is -3.30. The van der Waals surface area contributed by atoms with Crippen LogP contribution in [0.1, 0.15) is 69.4 Å². The van der Waals surface area contributed by atoms with E-state index < -0.39 is 29.8 Å². The highest BCUT2D eigenvalue weighted by Gasteiger charge is 2.47. The minimum absolute atomic E-state index is 0.236. The van der Waals surface area contributed by atoms with Gasteiger partial charge in [0.25, 0.3) is 5.91 Å². The summed E-state index contributed by atoms with van der Waals surface area (Å²) in [5.74, 6) is 0.389. The largest absolute Gasteiger partial charge is 0.493 e. The van der Waals surface area contributed by atoms with Crippen molar-refractivity contribution in [1.82, 2.24) is 4.90 Å². The fraction of sp³-hybridized carbons (Fsp3) is 0.429. The molecule has 0 spiro atoms. The van der Waals surface area contributed by atoms with E-state index in [0.717, 1.165) is 16.7 Å². The lowest BCUT2D eigenvalue weighted by Crippen LogP contribution is -2.56. The maximum atomic E-state index is 14.4. The summed E-state index contributed by atoms with van der Waals surface area (Å²) < 4.78 is 29.1. The summed E-state index contributed by atoms with van der Waals surface area (Å²) in [4.78, 5) is 29.2. The number of nitrogens with zero attached hydrogens (tertiary/aromatic N) is 1. The van der Waals surface area contributed by atoms with Crippen LogP contribution in [-0.2, 0) is 30.4 Å². The summed E-state index contributed by atoms with van der Waals surface area (Å²) >= 11 is 12.7. The van der Waals surface area contributed by atoms with Gasteiger partial charge in [0.2, 0.25) is 0 Å². The van der Waals surface area contributed by atoms with Gasteiger partial charge in [0, 0.05) is 10.0 Å². The van der Waals surface area contributed by atoms with E-state index in [4.69, 9.17) is 46.9 Å². The Bertz CT molecular complexity index is 1460. The van der Waals surface area contributed by atoms with Gasteiger partial charge in [-0.05, 0) is 80.3 Å². The van der Waals surface area contributed by atoms with E-state index in [-0.39, 0.29) is 25.0 Å². The van der Waals surface area contributed by atoms with Crippen molar-refractivity contribution in [2.24, 2.45) is 0 Å². The predicted molar refractivity (Wildman–Crippen MR) is 174 cm³/mol. The van der Waals surface area contributed by atoms with Crippen LogP contribution in [0.5, 0.6) is 11.5 Å². The third-order valence-electron chi connectivity index (χ3n) is 7.48. The van der Waals surface area contributed by atoms with Gasteiger partial charge in [-0.15, -0.1) is 0 Å². The van der Waals surface area contributed by atoms with Gasteiger partial charge >= 0.3 is 5.97 Å². The van der Waals surface area contributed by atoms with Crippen molar-refractivity contribution in [3.05, 3.63) is 93.5 Å². The van der Waals surface area contributed by atoms with Crippen molar-refractivity contribution in [2.45, 2.75) is 77.0 Å². The Balaban J connectivity index is 1.70. The van der Waals surface area contributed by atoms with Crippen LogP contribution >= 0.6 is 23.2 Å². The van der Waals surface area contributed by atoms with E-state index >= 15 is 0 Å². The molecule has 4 rings (SSSR count). The quantitative estimate of drug-likeness (QED) is 0.184. The first kappa shape index (κ1) is 34.6. The molecular formula is C35H41Cl2NO7. The highest BCUT2D eigenvalue weighted by Crippen LogP contribution is 2.45. The van der Waals surface area contributed by atoms with Crippen molar-refractivity contribution >= 4 is 35.1 Å². The van der Waals surface area contributed by atoms with Crippen LogP contribution in [0.15, 0.2) is 66.7 Å². The number of methoxy groups -OCH3 is 2. The summed E-state index contributed by atoms with van der Waals surface area (Å²) in [6.45, 7) is 7.89. The molecule has 45 heavy (non-hydrogen) atoms. The lowest BCUT2D eigenvalue weighted by atomic mass is 9.89. The van der Waals surface area contributed by atoms with Crippen molar-refractivity contribution in [1.29, 1.82) is 0 Å². The maximum absolute atomic E-state index is 14.4. The molecule has 1 aliphatic heterocycles. The van der Waals surface area contributed by atoms with Crippen molar-refractivity contribution in [3.8, 4) is 11.5 Å². The Kier molecular flexibility index (Phi) is 11.8. The van der Waals surface area contributed by atoms with Gasteiger partial charge in [0.1, 0.15) is 17.8 Å². The van der Waals surface area contributed by atoms with Gasteiger partial charge < -0.3 is 28.6 Å². The second-order valence-electron chi connectivity index (χ2n) is 11.9. The van der Waals surface area contributed by atoms with E-state index in [1.54, 1.807) is 53.2 Å². The zero-order valence-electron chi connectivity index (χ0n) is 26.5. The number of carbonyl (C=O) groups excluding carboxylic acids is 2. The molecule has 3 aromatic carbocycles. The smallest absolute Gasteiger partial charge is 0.309 e. The molecule has 1 saturated heterocycles. The lowest BCUT2D eigenvalue weighted by Gasteiger charge is -2.48. The Morgan fingerprint density at radius 2 is 1.64 bits per heavy atom. The summed E-state index contributed by atoms with van der Waals surface area (Å²) in [6.07, 6.45) is -1.37. The first-order chi connectivity index (χ1) is 21.4. The average Bonchev–Trinajstić information content (AvgIpc) is 3.00. The number of esters is 1. The standard InChI is InChI=1S/C35H41Cl2NO7/c1-7-27(21-43-20-22-11-16-28(41-5)29(17-22)42-6)38-32(23-12-14-25(36)15-13-23)33(24-9-8-10-26(37)18-24)44-30(34(38)40)19-31(39)45-35(2,3)4/h8-18,27,30,32-33H,7,19-21H2,1-6H3/t27-,30+,32?,33-/m0/s1. The van der Waals surface area contributed by atoms with Crippen molar-refractivity contribution in [2.75, 3.05) is 20.8 Å². The number of morpholine rings is 1. The third-order valence-corrected chi connectivity index (χ3v) is 7.97. The minimum Gasteiger partial charge on any atom is -0.493 e. The molecule has 242 valence electrons. The molecule has 1 fully saturated rings. The Labute approximate surface area is 275 Å². The van der Waals surface area contributed by atoms with Crippen LogP contribution in [0.2, 0.25) is 10.0 Å². The number of ether oxygens (including phenoxy) is 5. The number of hydrogen-bond acceptors (Lipinski definition) is 7. The number of carbonyl (C=O) groups is 2. The van der Waals surface area contributed by atoms with Crippen molar-refractivity contribution in [3.63, 3.8) is 0 Å². The van der Waals surface area contributed by atoms with Gasteiger partial charge in [0.15, 0.2) is 11.5 Å². The van der Waals surface area contributed by atoms with E-state index in [2.05, 4.69) is 0 Å². The average molecular weight is 659 g/mol. The minimum atomic E-state index is -1.08. The number of hydrogen-bond donors (Lipinski definition) is 0. The van der Waals surface area contributed by atoms with Crippen LogP contribution in [0.3, 0.4) is 0 Å². The molecule has 0 saturated carbocycles. The van der Waals surface area contributed by atoms with Gasteiger partial charge in [-0.1, -0.05) is 60.5 Å². The summed E-state index contributed by atoms with van der Waals surface area (Å²) in [6, 6.07) is 19.4. The number of halogens is 2. The maximum Gasteiger partial charge on any atom is 0.309 e. The fourth-order valence-electron chi connectivity index (χ4n) is 5.45. The Morgan fingerprint density at radius 3 is 2.27 bits per heavy atom. The molecule has 1 heterocycles. The summed E-state index contributed by atoms with van der Waals surface area (Å²) in [5, 5.41) is 1.10. The van der Waals surface area contributed by atoms with E-state index in [0.29, 0.717) is 34.6 Å². The SMILES string of the molecule is CC[C@@H](COCc1ccc(OC)c(OC)c1)N1C(=O)[C@@H](CC(=O)OC(C)(C)C)O[C@@H](c2cccc(Cl)c2)C1c1ccc(Cl)cc1. The summed E-state index contributed by atoms with van der Waals surface area (Å²) in [7, 11) is 3.17. The molecule has 0 aliphatic carbocycles. The number of amides is 1. The normalized spacial score (nSPS) is 19.2. The number of rotatable bonds is 12. The van der Waals surface area contributed by atoms with E-state index in [1.165, 1.54) is 0 Å². The molecule has 3 aromatic rings. The topological polar surface area (TPSA) is 83.5 Å². The van der Waals surface area contributed by atoms with Crippen LogP contribution in [0.25, 0.3) is 0 Å². The molecule has 0 N–H and O–H groups in total. The molecule has 0 aromatic heterocycles. The van der Waals surface area contributed by atoms with E-state index in [1.807, 2.05) is 60.4 Å². The van der Waals surface area contributed by atoms with Gasteiger partial charge in [-0.25, -0.2) is 0 Å². The fourth-order valence-corrected chi connectivity index (χ4v) is 5.78. The molecule has 4 atom stereocenters. The third kappa shape index (κ3) is 8.91. The molecule has 1 amide bonds. The monoisotopic (exact) mass is 657 g/mol. The highest BCUT2D eigenvalue weighted by atomic mass is 35.5. The molecule has 8 nitrogen and oxygen atoms in total. The molecule has 1 aliphatic rings. The number of benzene rings is 3. The second-order valence-corrected chi connectivity index (χ2v) is 12.8. The predicted octanol–water partition coefficient (Wildman–Crippen LogP) is 7.75. The summed E-state index contributed by atoms with van der Waals surface area (Å²) in [5.41, 5.74) is 1.78. The molecule has 1 unspecified atom stereocenters. The first-order valence-corrected chi connectivity index (χ1v) is 15.7. The molecule has 0 radical (unpaired) electrons. The van der Waals surface area contributed by atoms with Gasteiger partial charge in [0.05, 0.1) is 45.9 Å². The Morgan fingerprint density at radius 1 is 0.933 bits per heavy atom. The van der Waals surface area contributed by atoms with Crippen LogP contribution in [0, 0.1) is 0 Å². The first-order valence-electron chi connectivity index (χ1n) is 14.9. The highest BCUT2D eigenvalue weighted by molar-refractivity contribution is 6.30.